The minimum absolute atomic E-state index is 0.0299. The van der Waals surface area contributed by atoms with Crippen molar-refractivity contribution in [2.24, 2.45) is 0 Å². The van der Waals surface area contributed by atoms with E-state index in [4.69, 9.17) is 4.74 Å². The summed E-state index contributed by atoms with van der Waals surface area (Å²) in [6.07, 6.45) is 1.24. The monoisotopic (exact) mass is 304 g/mol. The fourth-order valence-corrected chi connectivity index (χ4v) is 2.77. The van der Waals surface area contributed by atoms with Crippen LogP contribution in [0.1, 0.15) is 5.82 Å². The number of carbonyl (C=O) groups is 1. The number of nitrogens with zero attached hydrogens (tertiary/aromatic N) is 3. The first-order valence-electron chi connectivity index (χ1n) is 6.00. The third-order valence-corrected chi connectivity index (χ3v) is 4.41. The number of ether oxygens (including phenoxy) is 1. The van der Waals surface area contributed by atoms with Gasteiger partial charge < -0.3 is 14.6 Å². The second kappa shape index (κ2) is 6.82. The molecule has 0 radical (unpaired) electrons. The largest absolute Gasteiger partial charge is 0.383 e. The average Bonchev–Trinajstić information content (AvgIpc) is 2.81. The molecular weight excluding hydrogens is 284 g/mol. The number of likely N-dealkylation sites (N-methyl/N-ethyl adjacent to an activating group) is 1. The van der Waals surface area contributed by atoms with Gasteiger partial charge in [-0.3, -0.25) is 4.79 Å². The summed E-state index contributed by atoms with van der Waals surface area (Å²) in [6, 6.07) is 0. The number of methoxy groups -OCH3 is 1. The number of H-pyrrole nitrogens is 1. The number of sulfonamides is 1. The molecule has 0 fully saturated rings. The van der Waals surface area contributed by atoms with Crippen LogP contribution in [0.3, 0.4) is 0 Å². The number of nitrogens with one attached hydrogen (secondary N) is 1. The first-order chi connectivity index (χ1) is 9.28. The van der Waals surface area contributed by atoms with E-state index >= 15 is 0 Å². The van der Waals surface area contributed by atoms with E-state index in [-0.39, 0.29) is 30.6 Å². The Morgan fingerprint density at radius 2 is 2.10 bits per heavy atom. The van der Waals surface area contributed by atoms with Crippen molar-refractivity contribution in [1.29, 1.82) is 0 Å². The molecular formula is C11H20N4O4S. The molecule has 0 aliphatic carbocycles. The van der Waals surface area contributed by atoms with E-state index < -0.39 is 10.0 Å². The van der Waals surface area contributed by atoms with Gasteiger partial charge in [-0.25, -0.2) is 13.4 Å². The van der Waals surface area contributed by atoms with Crippen LogP contribution in [0.2, 0.25) is 0 Å². The summed E-state index contributed by atoms with van der Waals surface area (Å²) < 4.78 is 30.8. The summed E-state index contributed by atoms with van der Waals surface area (Å²) in [6.45, 7) is 1.71. The number of aromatic amines is 1. The van der Waals surface area contributed by atoms with Gasteiger partial charge in [-0.15, -0.1) is 0 Å². The van der Waals surface area contributed by atoms with Crippen LogP contribution in [0.4, 0.5) is 0 Å². The number of hydrogen-bond acceptors (Lipinski definition) is 5. The molecule has 0 atom stereocenters. The smallest absolute Gasteiger partial charge is 0.260 e. The van der Waals surface area contributed by atoms with Crippen LogP contribution in [0, 0.1) is 6.92 Å². The van der Waals surface area contributed by atoms with E-state index in [0.29, 0.717) is 5.82 Å². The maximum Gasteiger partial charge on any atom is 0.260 e. The number of amides is 1. The van der Waals surface area contributed by atoms with Gasteiger partial charge in [0.25, 0.3) is 10.0 Å². The summed E-state index contributed by atoms with van der Waals surface area (Å²) in [4.78, 5) is 19.6. The van der Waals surface area contributed by atoms with Crippen LogP contribution in [0.5, 0.6) is 0 Å². The van der Waals surface area contributed by atoms with Crippen LogP contribution >= 0.6 is 0 Å². The van der Waals surface area contributed by atoms with Crippen molar-refractivity contribution in [2.75, 3.05) is 40.9 Å². The molecule has 1 heterocycles. The fourth-order valence-electron chi connectivity index (χ4n) is 1.44. The highest BCUT2D eigenvalue weighted by atomic mass is 32.2. The predicted molar refractivity (Wildman–Crippen MR) is 72.7 cm³/mol. The minimum atomic E-state index is -3.79. The van der Waals surface area contributed by atoms with Crippen molar-refractivity contribution in [3.63, 3.8) is 0 Å². The predicted octanol–water partition coefficient (Wildman–Crippen LogP) is -0.557. The van der Waals surface area contributed by atoms with Gasteiger partial charge in [0.1, 0.15) is 5.82 Å². The number of aromatic nitrogens is 2. The van der Waals surface area contributed by atoms with Gasteiger partial charge >= 0.3 is 0 Å². The molecule has 0 saturated heterocycles. The summed E-state index contributed by atoms with van der Waals surface area (Å²) in [5.41, 5.74) is 0. The molecule has 0 aliphatic heterocycles. The van der Waals surface area contributed by atoms with E-state index in [1.54, 1.807) is 21.0 Å². The van der Waals surface area contributed by atoms with Gasteiger partial charge in [-0.05, 0) is 6.92 Å². The minimum Gasteiger partial charge on any atom is -0.383 e. The molecule has 1 aromatic heterocycles. The van der Waals surface area contributed by atoms with E-state index in [9.17, 15) is 13.2 Å². The zero-order valence-corrected chi connectivity index (χ0v) is 12.9. The summed E-state index contributed by atoms with van der Waals surface area (Å²) in [5.74, 6) is 0.190. The van der Waals surface area contributed by atoms with Crippen molar-refractivity contribution in [3.8, 4) is 0 Å². The van der Waals surface area contributed by atoms with Crippen molar-refractivity contribution in [2.45, 2.75) is 11.9 Å². The molecule has 0 unspecified atom stereocenters. The average molecular weight is 304 g/mol. The lowest BCUT2D eigenvalue weighted by molar-refractivity contribution is -0.128. The van der Waals surface area contributed by atoms with Crippen LogP contribution in [-0.4, -0.2) is 74.4 Å². The maximum absolute atomic E-state index is 12.4. The van der Waals surface area contributed by atoms with Gasteiger partial charge in [-0.1, -0.05) is 0 Å². The van der Waals surface area contributed by atoms with Gasteiger partial charge in [0.15, 0.2) is 5.03 Å². The van der Waals surface area contributed by atoms with Crippen molar-refractivity contribution < 1.29 is 17.9 Å². The Morgan fingerprint density at radius 3 is 2.55 bits per heavy atom. The Labute approximate surface area is 118 Å². The highest BCUT2D eigenvalue weighted by molar-refractivity contribution is 7.89. The first-order valence-corrected chi connectivity index (χ1v) is 7.44. The number of rotatable bonds is 7. The third-order valence-electron chi connectivity index (χ3n) is 2.65. The molecule has 0 aliphatic rings. The van der Waals surface area contributed by atoms with Gasteiger partial charge in [-0.2, -0.15) is 4.31 Å². The number of aryl methyl sites for hydroxylation is 1. The lowest BCUT2D eigenvalue weighted by Crippen LogP contribution is -2.41. The van der Waals surface area contributed by atoms with E-state index in [0.717, 1.165) is 4.31 Å². The Bertz CT molecular complexity index is 553. The zero-order valence-electron chi connectivity index (χ0n) is 12.1. The molecule has 114 valence electrons. The lowest BCUT2D eigenvalue weighted by atomic mass is 10.5. The Morgan fingerprint density at radius 1 is 1.45 bits per heavy atom. The Balaban J connectivity index is 3.00. The normalized spacial score (nSPS) is 11.8. The Kier molecular flexibility index (Phi) is 5.66. The van der Waals surface area contributed by atoms with Gasteiger partial charge in [0, 0.05) is 27.7 Å². The summed E-state index contributed by atoms with van der Waals surface area (Å²) >= 11 is 0. The standard InChI is InChI=1S/C11H20N4O4S/c1-9-12-7-10(13-9)20(17,18)15(5-6-19-4)8-11(16)14(2)3/h7H,5-6,8H2,1-4H3,(H,12,13). The molecule has 20 heavy (non-hydrogen) atoms. The molecule has 0 saturated carbocycles. The molecule has 9 heteroatoms. The molecule has 1 aromatic rings. The molecule has 8 nitrogen and oxygen atoms in total. The molecule has 1 N–H and O–H groups in total. The quantitative estimate of drug-likeness (QED) is 0.729. The fraction of sp³-hybridized carbons (Fsp3) is 0.636. The second-order valence-electron chi connectivity index (χ2n) is 4.45. The highest BCUT2D eigenvalue weighted by Crippen LogP contribution is 2.13. The van der Waals surface area contributed by atoms with Crippen LogP contribution in [0.15, 0.2) is 11.2 Å². The maximum atomic E-state index is 12.4. The second-order valence-corrected chi connectivity index (χ2v) is 6.36. The van der Waals surface area contributed by atoms with E-state index in [2.05, 4.69) is 9.97 Å². The molecule has 1 amide bonds. The zero-order chi connectivity index (χ0) is 15.3. The number of imidazole rings is 1. The summed E-state index contributed by atoms with van der Waals surface area (Å²) in [7, 11) is 0.824. The lowest BCUT2D eigenvalue weighted by Gasteiger charge is -2.22. The van der Waals surface area contributed by atoms with Gasteiger partial charge in [0.05, 0.1) is 19.3 Å². The molecule has 0 bridgehead atoms. The Hall–Kier alpha value is -1.45. The van der Waals surface area contributed by atoms with Crippen LogP contribution < -0.4 is 0 Å². The van der Waals surface area contributed by atoms with Crippen LogP contribution in [0.25, 0.3) is 0 Å². The molecule has 1 rings (SSSR count). The topological polar surface area (TPSA) is 95.6 Å². The highest BCUT2D eigenvalue weighted by Gasteiger charge is 2.28. The van der Waals surface area contributed by atoms with Crippen molar-refractivity contribution in [1.82, 2.24) is 19.2 Å². The third kappa shape index (κ3) is 4.02. The SMILES string of the molecule is COCCN(CC(=O)N(C)C)S(=O)(=O)c1cnc(C)[nH]1. The molecule has 0 spiro atoms. The first kappa shape index (κ1) is 16.6. The number of hydrogen-bond donors (Lipinski definition) is 1. The van der Waals surface area contributed by atoms with Gasteiger partial charge in [0.2, 0.25) is 5.91 Å². The van der Waals surface area contributed by atoms with Crippen LogP contribution in [-0.2, 0) is 19.6 Å². The molecule has 0 aromatic carbocycles. The van der Waals surface area contributed by atoms with Crippen molar-refractivity contribution in [3.05, 3.63) is 12.0 Å². The van der Waals surface area contributed by atoms with Crippen molar-refractivity contribution >= 4 is 15.9 Å². The van der Waals surface area contributed by atoms with E-state index in [1.165, 1.54) is 18.2 Å². The number of carbonyl (C=O) groups excluding carboxylic acids is 1. The summed E-state index contributed by atoms with van der Waals surface area (Å²) in [5, 5.41) is -0.0299. The van der Waals surface area contributed by atoms with E-state index in [1.807, 2.05) is 0 Å².